The molecule has 1 aliphatic heterocycles. The summed E-state index contributed by atoms with van der Waals surface area (Å²) in [5.41, 5.74) is 0.623. The van der Waals surface area contributed by atoms with Gasteiger partial charge in [-0.15, -0.1) is 11.6 Å². The molecule has 0 atom stereocenters. The van der Waals surface area contributed by atoms with Crippen LogP contribution in [0.3, 0.4) is 0 Å². The van der Waals surface area contributed by atoms with E-state index in [0.29, 0.717) is 36.2 Å². The Hall–Kier alpha value is -0.290. The van der Waals surface area contributed by atoms with Crippen molar-refractivity contribution in [1.29, 1.82) is 0 Å². The number of amides is 1. The monoisotopic (exact) mass is 379 g/mol. The molecule has 0 saturated carbocycles. The van der Waals surface area contributed by atoms with Gasteiger partial charge in [-0.3, -0.25) is 4.79 Å². The summed E-state index contributed by atoms with van der Waals surface area (Å²) in [7, 11) is 0. The largest absolute Gasteiger partial charge is 0.377 e. The summed E-state index contributed by atoms with van der Waals surface area (Å²) in [6.45, 7) is 1.99. The molecule has 1 fully saturated rings. The quantitative estimate of drug-likeness (QED) is 0.740. The van der Waals surface area contributed by atoms with E-state index in [-0.39, 0.29) is 12.0 Å². The number of halogens is 3. The number of carbonyl (C=O) groups is 1. The lowest BCUT2D eigenvalue weighted by molar-refractivity contribution is 0.0154. The topological polar surface area (TPSA) is 29.5 Å². The highest BCUT2D eigenvalue weighted by atomic mass is 79.9. The maximum absolute atomic E-state index is 12.4. The second-order valence-corrected chi connectivity index (χ2v) is 6.32. The molecule has 1 aromatic carbocycles. The Morgan fingerprint density at radius 1 is 1.40 bits per heavy atom. The van der Waals surface area contributed by atoms with Gasteiger partial charge in [0, 0.05) is 29.0 Å². The van der Waals surface area contributed by atoms with Crippen molar-refractivity contribution in [2.24, 2.45) is 0 Å². The average Bonchev–Trinajstić information content (AvgIpc) is 2.48. The third-order valence-electron chi connectivity index (χ3n) is 3.33. The number of rotatable bonds is 4. The van der Waals surface area contributed by atoms with E-state index in [1.165, 1.54) is 0 Å². The van der Waals surface area contributed by atoms with E-state index >= 15 is 0 Å². The SMILES string of the molecule is O=C(c1ccc(Br)c(Cl)c1)N1CCC(OCCCl)CC1. The standard InChI is InChI=1S/C14H16BrCl2NO2/c15-12-2-1-10(9-13(12)17)14(19)18-6-3-11(4-7-18)20-8-5-16/h1-2,9,11H,3-8H2. The zero-order valence-electron chi connectivity index (χ0n) is 10.9. The zero-order chi connectivity index (χ0) is 14.5. The van der Waals surface area contributed by atoms with Gasteiger partial charge >= 0.3 is 0 Å². The Morgan fingerprint density at radius 3 is 2.70 bits per heavy atom. The molecule has 0 bridgehead atoms. The van der Waals surface area contributed by atoms with Gasteiger partial charge in [0.1, 0.15) is 0 Å². The number of hydrogen-bond acceptors (Lipinski definition) is 2. The molecule has 1 aromatic rings. The van der Waals surface area contributed by atoms with E-state index in [1.54, 1.807) is 18.2 Å². The van der Waals surface area contributed by atoms with Crippen LogP contribution in [-0.4, -0.2) is 42.5 Å². The van der Waals surface area contributed by atoms with Crippen LogP contribution in [-0.2, 0) is 4.74 Å². The molecule has 0 aromatic heterocycles. The van der Waals surface area contributed by atoms with Crippen LogP contribution in [0.25, 0.3) is 0 Å². The van der Waals surface area contributed by atoms with Gasteiger partial charge in [-0.1, -0.05) is 11.6 Å². The summed E-state index contributed by atoms with van der Waals surface area (Å²) in [6.07, 6.45) is 1.92. The first-order chi connectivity index (χ1) is 9.61. The number of benzene rings is 1. The third kappa shape index (κ3) is 4.10. The van der Waals surface area contributed by atoms with Gasteiger partial charge in [-0.25, -0.2) is 0 Å². The van der Waals surface area contributed by atoms with E-state index in [1.807, 2.05) is 4.90 Å². The fourth-order valence-electron chi connectivity index (χ4n) is 2.25. The normalized spacial score (nSPS) is 16.4. The minimum absolute atomic E-state index is 0.0233. The van der Waals surface area contributed by atoms with Crippen LogP contribution < -0.4 is 0 Å². The van der Waals surface area contributed by atoms with Crippen LogP contribution >= 0.6 is 39.1 Å². The Kier molecular flexibility index (Phi) is 6.15. The Bertz CT molecular complexity index is 476. The molecule has 0 radical (unpaired) electrons. The van der Waals surface area contributed by atoms with Crippen LogP contribution in [0.5, 0.6) is 0 Å². The highest BCUT2D eigenvalue weighted by Gasteiger charge is 2.24. The Morgan fingerprint density at radius 2 is 2.10 bits per heavy atom. The first-order valence-electron chi connectivity index (χ1n) is 6.53. The highest BCUT2D eigenvalue weighted by molar-refractivity contribution is 9.10. The maximum Gasteiger partial charge on any atom is 0.253 e. The lowest BCUT2D eigenvalue weighted by atomic mass is 10.1. The molecule has 0 spiro atoms. The molecule has 1 aliphatic rings. The van der Waals surface area contributed by atoms with Crippen LogP contribution in [0.2, 0.25) is 5.02 Å². The molecular weight excluding hydrogens is 365 g/mol. The predicted molar refractivity (Wildman–Crippen MR) is 84.7 cm³/mol. The van der Waals surface area contributed by atoms with Crippen molar-refractivity contribution in [1.82, 2.24) is 4.90 Å². The summed E-state index contributed by atoms with van der Waals surface area (Å²) in [6, 6.07) is 5.28. The van der Waals surface area contributed by atoms with Gasteiger partial charge in [-0.05, 0) is 47.0 Å². The molecule has 110 valence electrons. The van der Waals surface area contributed by atoms with Gasteiger partial charge < -0.3 is 9.64 Å². The third-order valence-corrected chi connectivity index (χ3v) is 4.71. The van der Waals surface area contributed by atoms with E-state index in [0.717, 1.165) is 17.3 Å². The summed E-state index contributed by atoms with van der Waals surface area (Å²) in [5, 5.41) is 0.552. The van der Waals surface area contributed by atoms with Crippen LogP contribution in [0.15, 0.2) is 22.7 Å². The summed E-state index contributed by atoms with van der Waals surface area (Å²) in [5.74, 6) is 0.534. The van der Waals surface area contributed by atoms with E-state index in [2.05, 4.69) is 15.9 Å². The number of ether oxygens (including phenoxy) is 1. The molecule has 3 nitrogen and oxygen atoms in total. The minimum atomic E-state index is 0.0233. The second-order valence-electron chi connectivity index (χ2n) is 4.68. The average molecular weight is 381 g/mol. The van der Waals surface area contributed by atoms with Crippen LogP contribution in [0.1, 0.15) is 23.2 Å². The van der Waals surface area contributed by atoms with Crippen molar-refractivity contribution in [2.45, 2.75) is 18.9 Å². The molecule has 0 aliphatic carbocycles. The van der Waals surface area contributed by atoms with Gasteiger partial charge in [0.2, 0.25) is 0 Å². The predicted octanol–water partition coefficient (Wildman–Crippen LogP) is 3.96. The molecule has 1 saturated heterocycles. The summed E-state index contributed by atoms with van der Waals surface area (Å²) in [4.78, 5) is 14.2. The van der Waals surface area contributed by atoms with E-state index < -0.39 is 0 Å². The number of hydrogen-bond donors (Lipinski definition) is 0. The molecule has 0 N–H and O–H groups in total. The van der Waals surface area contributed by atoms with E-state index in [4.69, 9.17) is 27.9 Å². The van der Waals surface area contributed by atoms with Gasteiger partial charge in [0.25, 0.3) is 5.91 Å². The molecule has 1 amide bonds. The smallest absolute Gasteiger partial charge is 0.253 e. The minimum Gasteiger partial charge on any atom is -0.377 e. The number of alkyl halides is 1. The van der Waals surface area contributed by atoms with Gasteiger partial charge in [-0.2, -0.15) is 0 Å². The molecule has 6 heteroatoms. The van der Waals surface area contributed by atoms with Crippen LogP contribution in [0, 0.1) is 0 Å². The second kappa shape index (κ2) is 7.64. The summed E-state index contributed by atoms with van der Waals surface area (Å²) < 4.78 is 6.40. The molecule has 20 heavy (non-hydrogen) atoms. The van der Waals surface area contributed by atoms with Crippen molar-refractivity contribution in [3.8, 4) is 0 Å². The number of piperidine rings is 1. The van der Waals surface area contributed by atoms with Crippen molar-refractivity contribution in [3.63, 3.8) is 0 Å². The van der Waals surface area contributed by atoms with E-state index in [9.17, 15) is 4.79 Å². The first-order valence-corrected chi connectivity index (χ1v) is 8.24. The van der Waals surface area contributed by atoms with Crippen LogP contribution in [0.4, 0.5) is 0 Å². The molecule has 0 unspecified atom stereocenters. The Labute approximate surface area is 137 Å². The molecule has 1 heterocycles. The fraction of sp³-hybridized carbons (Fsp3) is 0.500. The zero-order valence-corrected chi connectivity index (χ0v) is 14.0. The number of likely N-dealkylation sites (tertiary alicyclic amines) is 1. The van der Waals surface area contributed by atoms with Crippen molar-refractivity contribution >= 4 is 45.0 Å². The highest BCUT2D eigenvalue weighted by Crippen LogP contribution is 2.24. The van der Waals surface area contributed by atoms with Crippen molar-refractivity contribution in [2.75, 3.05) is 25.6 Å². The Balaban J connectivity index is 1.92. The lowest BCUT2D eigenvalue weighted by Crippen LogP contribution is -2.41. The summed E-state index contributed by atoms with van der Waals surface area (Å²) >= 11 is 15.0. The van der Waals surface area contributed by atoms with Gasteiger partial charge in [0.15, 0.2) is 0 Å². The van der Waals surface area contributed by atoms with Crippen molar-refractivity contribution < 1.29 is 9.53 Å². The number of nitrogens with zero attached hydrogens (tertiary/aromatic N) is 1. The number of carbonyl (C=O) groups excluding carboxylic acids is 1. The lowest BCUT2D eigenvalue weighted by Gasteiger charge is -2.32. The molecular formula is C14H16BrCl2NO2. The maximum atomic E-state index is 12.4. The van der Waals surface area contributed by atoms with Crippen molar-refractivity contribution in [3.05, 3.63) is 33.3 Å². The molecule has 2 rings (SSSR count). The fourth-order valence-corrected chi connectivity index (χ4v) is 2.76. The first kappa shape index (κ1) is 16.1. The van der Waals surface area contributed by atoms with Gasteiger partial charge in [0.05, 0.1) is 17.7 Å².